The number of halogens is 2. The highest BCUT2D eigenvalue weighted by Gasteiger charge is 2.28. The molecular formula is C14H21BrClN3O2S. The minimum absolute atomic E-state index is 0. The van der Waals surface area contributed by atoms with Gasteiger partial charge in [0.1, 0.15) is 0 Å². The van der Waals surface area contributed by atoms with E-state index in [2.05, 4.69) is 21.2 Å². The standard InChI is InChI=1S/C14H20BrN3O2S.ClH/c15-10-7-12(21-9-10)14(20)18-6-2-1-3-11(18)8-17-13(19)4-5-16;/h7,9,11H,1-6,8,16H2,(H,17,19);1H. The largest absolute Gasteiger partial charge is 0.354 e. The summed E-state index contributed by atoms with van der Waals surface area (Å²) >= 11 is 4.82. The number of piperidine rings is 1. The van der Waals surface area contributed by atoms with Crippen molar-refractivity contribution in [1.29, 1.82) is 0 Å². The van der Waals surface area contributed by atoms with E-state index in [-0.39, 0.29) is 30.3 Å². The van der Waals surface area contributed by atoms with E-state index in [1.165, 1.54) is 11.3 Å². The second-order valence-electron chi connectivity index (χ2n) is 5.12. The van der Waals surface area contributed by atoms with Crippen molar-refractivity contribution in [3.05, 3.63) is 20.8 Å². The van der Waals surface area contributed by atoms with Crippen LogP contribution in [0, 0.1) is 0 Å². The van der Waals surface area contributed by atoms with Gasteiger partial charge < -0.3 is 16.0 Å². The van der Waals surface area contributed by atoms with E-state index in [1.807, 2.05) is 16.3 Å². The molecule has 1 aliphatic rings. The number of carbonyl (C=O) groups is 2. The third-order valence-corrected chi connectivity index (χ3v) is 5.25. The number of thiophene rings is 1. The minimum atomic E-state index is -0.0469. The van der Waals surface area contributed by atoms with Gasteiger partial charge >= 0.3 is 0 Å². The third kappa shape index (κ3) is 5.22. The summed E-state index contributed by atoms with van der Waals surface area (Å²) in [7, 11) is 0. The van der Waals surface area contributed by atoms with Crippen LogP contribution in [-0.2, 0) is 4.79 Å². The molecule has 0 radical (unpaired) electrons. The van der Waals surface area contributed by atoms with Crippen molar-refractivity contribution in [3.63, 3.8) is 0 Å². The van der Waals surface area contributed by atoms with E-state index >= 15 is 0 Å². The first-order valence-electron chi connectivity index (χ1n) is 7.13. The number of nitrogens with one attached hydrogen (secondary N) is 1. The quantitative estimate of drug-likeness (QED) is 0.782. The molecule has 2 heterocycles. The Morgan fingerprint density at radius 2 is 2.23 bits per heavy atom. The lowest BCUT2D eigenvalue weighted by molar-refractivity contribution is -0.121. The average molecular weight is 411 g/mol. The van der Waals surface area contributed by atoms with Crippen LogP contribution in [0.1, 0.15) is 35.4 Å². The van der Waals surface area contributed by atoms with Gasteiger partial charge in [-0.15, -0.1) is 23.7 Å². The fraction of sp³-hybridized carbons (Fsp3) is 0.571. The molecule has 0 bridgehead atoms. The normalized spacial score (nSPS) is 17.7. The molecule has 124 valence electrons. The van der Waals surface area contributed by atoms with Crippen molar-refractivity contribution in [3.8, 4) is 0 Å². The number of carbonyl (C=O) groups excluding carboxylic acids is 2. The maximum atomic E-state index is 12.6. The molecule has 1 atom stereocenters. The van der Waals surface area contributed by atoms with Crippen LogP contribution in [0.4, 0.5) is 0 Å². The van der Waals surface area contributed by atoms with Crippen LogP contribution in [0.3, 0.4) is 0 Å². The second kappa shape index (κ2) is 9.50. The summed E-state index contributed by atoms with van der Waals surface area (Å²) in [5.41, 5.74) is 5.36. The lowest BCUT2D eigenvalue weighted by atomic mass is 10.0. The highest BCUT2D eigenvalue weighted by molar-refractivity contribution is 9.10. The second-order valence-corrected chi connectivity index (χ2v) is 6.95. The molecule has 1 saturated heterocycles. The molecule has 0 spiro atoms. The average Bonchev–Trinajstić information content (AvgIpc) is 2.91. The molecule has 1 aliphatic heterocycles. The van der Waals surface area contributed by atoms with Crippen LogP contribution in [0.25, 0.3) is 0 Å². The first-order chi connectivity index (χ1) is 10.1. The number of nitrogens with zero attached hydrogens (tertiary/aromatic N) is 1. The summed E-state index contributed by atoms with van der Waals surface area (Å²) in [5.74, 6) is 0.0119. The monoisotopic (exact) mass is 409 g/mol. The maximum Gasteiger partial charge on any atom is 0.264 e. The molecule has 1 unspecified atom stereocenters. The third-order valence-electron chi connectivity index (χ3n) is 3.57. The number of amides is 2. The number of rotatable bonds is 5. The lowest BCUT2D eigenvalue weighted by Crippen LogP contribution is -2.49. The maximum absolute atomic E-state index is 12.6. The summed E-state index contributed by atoms with van der Waals surface area (Å²) in [4.78, 5) is 26.7. The molecule has 2 amide bonds. The van der Waals surface area contributed by atoms with E-state index in [9.17, 15) is 9.59 Å². The lowest BCUT2D eigenvalue weighted by Gasteiger charge is -2.35. The fourth-order valence-electron chi connectivity index (χ4n) is 2.50. The SMILES string of the molecule is Cl.NCCC(=O)NCC1CCCCN1C(=O)c1cc(Br)cs1. The topological polar surface area (TPSA) is 75.4 Å². The van der Waals surface area contributed by atoms with E-state index in [4.69, 9.17) is 5.73 Å². The van der Waals surface area contributed by atoms with E-state index in [1.54, 1.807) is 0 Å². The number of hydrogen-bond acceptors (Lipinski definition) is 4. The molecule has 5 nitrogen and oxygen atoms in total. The van der Waals surface area contributed by atoms with Crippen LogP contribution < -0.4 is 11.1 Å². The molecule has 0 aromatic carbocycles. The fourth-order valence-corrected chi connectivity index (χ4v) is 3.88. The Bertz CT molecular complexity index is 512. The summed E-state index contributed by atoms with van der Waals surface area (Å²) in [6.45, 7) is 1.62. The van der Waals surface area contributed by atoms with Gasteiger partial charge in [-0.2, -0.15) is 0 Å². The van der Waals surface area contributed by atoms with Gasteiger partial charge in [0.2, 0.25) is 5.91 Å². The van der Waals surface area contributed by atoms with Gasteiger partial charge in [-0.05, 0) is 41.3 Å². The van der Waals surface area contributed by atoms with Gasteiger partial charge in [0.15, 0.2) is 0 Å². The van der Waals surface area contributed by atoms with Crippen LogP contribution in [0.5, 0.6) is 0 Å². The Morgan fingerprint density at radius 1 is 1.45 bits per heavy atom. The predicted molar refractivity (Wildman–Crippen MR) is 94.6 cm³/mol. The Balaban J connectivity index is 0.00000242. The van der Waals surface area contributed by atoms with Crippen LogP contribution in [0.2, 0.25) is 0 Å². The Morgan fingerprint density at radius 3 is 2.86 bits per heavy atom. The van der Waals surface area contributed by atoms with Gasteiger partial charge in [0.05, 0.1) is 4.88 Å². The number of hydrogen-bond donors (Lipinski definition) is 2. The zero-order valence-electron chi connectivity index (χ0n) is 12.2. The van der Waals surface area contributed by atoms with Gasteiger partial charge in [0.25, 0.3) is 5.91 Å². The predicted octanol–water partition coefficient (Wildman–Crippen LogP) is 2.39. The van der Waals surface area contributed by atoms with E-state index < -0.39 is 0 Å². The van der Waals surface area contributed by atoms with E-state index in [0.29, 0.717) is 19.5 Å². The molecule has 22 heavy (non-hydrogen) atoms. The van der Waals surface area contributed by atoms with Gasteiger partial charge in [0, 0.05) is 41.9 Å². The highest BCUT2D eigenvalue weighted by Crippen LogP contribution is 2.25. The Labute approximate surface area is 149 Å². The van der Waals surface area contributed by atoms with Gasteiger partial charge in [-0.3, -0.25) is 9.59 Å². The van der Waals surface area contributed by atoms with Crippen LogP contribution in [-0.4, -0.2) is 42.4 Å². The van der Waals surface area contributed by atoms with E-state index in [0.717, 1.165) is 35.2 Å². The minimum Gasteiger partial charge on any atom is -0.354 e. The summed E-state index contributed by atoms with van der Waals surface area (Å²) in [6, 6.07) is 1.93. The zero-order chi connectivity index (χ0) is 15.2. The van der Waals surface area contributed by atoms with Gasteiger partial charge in [-0.25, -0.2) is 0 Å². The molecule has 3 N–H and O–H groups in total. The summed E-state index contributed by atoms with van der Waals surface area (Å²) in [5, 5.41) is 4.79. The number of nitrogens with two attached hydrogens (primary N) is 1. The summed E-state index contributed by atoms with van der Waals surface area (Å²) < 4.78 is 0.931. The molecule has 2 rings (SSSR count). The first kappa shape index (κ1) is 19.4. The van der Waals surface area contributed by atoms with Crippen LogP contribution >= 0.6 is 39.7 Å². The molecule has 1 fully saturated rings. The Kier molecular flexibility index (Phi) is 8.38. The van der Waals surface area contributed by atoms with Crippen molar-refractivity contribution in [2.24, 2.45) is 5.73 Å². The van der Waals surface area contributed by atoms with Crippen molar-refractivity contribution in [1.82, 2.24) is 10.2 Å². The molecular weight excluding hydrogens is 390 g/mol. The molecule has 1 aromatic heterocycles. The Hall–Kier alpha value is -0.630. The smallest absolute Gasteiger partial charge is 0.264 e. The first-order valence-corrected chi connectivity index (χ1v) is 8.81. The zero-order valence-corrected chi connectivity index (χ0v) is 15.4. The molecule has 8 heteroatoms. The molecule has 0 aliphatic carbocycles. The van der Waals surface area contributed by atoms with Crippen molar-refractivity contribution >= 4 is 51.5 Å². The molecule has 1 aromatic rings. The van der Waals surface area contributed by atoms with Gasteiger partial charge in [-0.1, -0.05) is 0 Å². The number of likely N-dealkylation sites (tertiary alicyclic amines) is 1. The van der Waals surface area contributed by atoms with Crippen molar-refractivity contribution < 1.29 is 9.59 Å². The van der Waals surface area contributed by atoms with Crippen molar-refractivity contribution in [2.75, 3.05) is 19.6 Å². The highest BCUT2D eigenvalue weighted by atomic mass is 79.9. The van der Waals surface area contributed by atoms with Crippen molar-refractivity contribution in [2.45, 2.75) is 31.7 Å². The molecule has 0 saturated carbocycles. The van der Waals surface area contributed by atoms with Crippen LogP contribution in [0.15, 0.2) is 15.9 Å². The summed E-state index contributed by atoms with van der Waals surface area (Å²) in [6.07, 6.45) is 3.38.